The molecule has 4 rings (SSSR count). The van der Waals surface area contributed by atoms with Crippen LogP contribution in [0.4, 0.5) is 0 Å². The summed E-state index contributed by atoms with van der Waals surface area (Å²) in [6.07, 6.45) is 2.74. The largest absolute Gasteiger partial charge is 0.493 e. The molecule has 0 spiro atoms. The molecule has 0 aliphatic carbocycles. The van der Waals surface area contributed by atoms with Gasteiger partial charge in [-0.1, -0.05) is 30.3 Å². The van der Waals surface area contributed by atoms with Crippen LogP contribution < -0.4 is 9.47 Å². The van der Waals surface area contributed by atoms with Crippen LogP contribution in [0.5, 0.6) is 11.5 Å². The van der Waals surface area contributed by atoms with Crippen molar-refractivity contribution in [3.05, 3.63) is 70.3 Å². The van der Waals surface area contributed by atoms with Crippen molar-refractivity contribution in [1.29, 1.82) is 0 Å². The van der Waals surface area contributed by atoms with Gasteiger partial charge in [0.15, 0.2) is 16.3 Å². The van der Waals surface area contributed by atoms with E-state index in [0.717, 1.165) is 35.8 Å². The maximum Gasteiger partial charge on any atom is 0.198 e. The highest BCUT2D eigenvalue weighted by Gasteiger charge is 2.30. The van der Waals surface area contributed by atoms with Gasteiger partial charge in [0, 0.05) is 13.1 Å². The van der Waals surface area contributed by atoms with Gasteiger partial charge in [-0.3, -0.25) is 4.90 Å². The Balaban J connectivity index is 1.78. The summed E-state index contributed by atoms with van der Waals surface area (Å²) in [5.41, 5.74) is 3.76. The molecule has 1 aromatic heterocycles. The molecule has 2 aromatic carbocycles. The molecule has 0 radical (unpaired) electrons. The van der Waals surface area contributed by atoms with E-state index >= 15 is 0 Å². The first-order valence-electron chi connectivity index (χ1n) is 9.82. The molecule has 29 heavy (non-hydrogen) atoms. The normalized spacial score (nSPS) is 16.4. The number of hydrogen-bond donors (Lipinski definition) is 0. The number of aromatic nitrogens is 3. The average molecular weight is 411 g/mol. The Morgan fingerprint density at radius 1 is 1.10 bits per heavy atom. The van der Waals surface area contributed by atoms with Gasteiger partial charge in [0.25, 0.3) is 0 Å². The van der Waals surface area contributed by atoms with Crippen molar-refractivity contribution in [2.24, 2.45) is 0 Å². The fourth-order valence-corrected chi connectivity index (χ4v) is 4.31. The third kappa shape index (κ3) is 3.68. The summed E-state index contributed by atoms with van der Waals surface area (Å²) in [5, 5.41) is 4.51. The first kappa shape index (κ1) is 19.7. The smallest absolute Gasteiger partial charge is 0.198 e. The number of fused-ring (bicyclic) bond motifs is 1. The second kappa shape index (κ2) is 8.39. The highest BCUT2D eigenvalue weighted by molar-refractivity contribution is 7.71. The van der Waals surface area contributed by atoms with Crippen molar-refractivity contribution in [2.75, 3.05) is 20.8 Å². The molecule has 1 aliphatic rings. The molecule has 1 aliphatic heterocycles. The van der Waals surface area contributed by atoms with Crippen molar-refractivity contribution in [2.45, 2.75) is 32.6 Å². The van der Waals surface area contributed by atoms with Gasteiger partial charge in [-0.05, 0) is 54.4 Å². The van der Waals surface area contributed by atoms with Crippen molar-refractivity contribution in [3.8, 4) is 11.5 Å². The lowest BCUT2D eigenvalue weighted by molar-refractivity contribution is 0.154. The number of rotatable bonds is 6. The Morgan fingerprint density at radius 3 is 2.48 bits per heavy atom. The van der Waals surface area contributed by atoms with Crippen LogP contribution in [0.3, 0.4) is 0 Å². The molecular formula is C22H26N4O2S. The summed E-state index contributed by atoms with van der Waals surface area (Å²) in [5.74, 6) is 1.52. The summed E-state index contributed by atoms with van der Waals surface area (Å²) in [7, 11) is 3.36. The lowest BCUT2D eigenvalue weighted by Gasteiger charge is -2.37. The minimum Gasteiger partial charge on any atom is -0.493 e. The van der Waals surface area contributed by atoms with Gasteiger partial charge in [0.1, 0.15) is 6.33 Å². The molecule has 0 unspecified atom stereocenters. The average Bonchev–Trinajstić information content (AvgIpc) is 3.12. The summed E-state index contributed by atoms with van der Waals surface area (Å²) in [6, 6.07) is 14.9. The Kier molecular flexibility index (Phi) is 5.69. The quantitative estimate of drug-likeness (QED) is 0.574. The van der Waals surface area contributed by atoms with E-state index in [1.165, 1.54) is 16.7 Å². The lowest BCUT2D eigenvalue weighted by Crippen LogP contribution is -2.37. The summed E-state index contributed by atoms with van der Waals surface area (Å²) < 4.78 is 15.8. The van der Waals surface area contributed by atoms with Crippen LogP contribution in [0.1, 0.15) is 29.7 Å². The zero-order valence-corrected chi connectivity index (χ0v) is 17.9. The second-order valence-corrected chi connectivity index (χ2v) is 7.49. The molecule has 1 atom stereocenters. The Bertz CT molecular complexity index is 1040. The number of benzene rings is 2. The Hall–Kier alpha value is -2.64. The van der Waals surface area contributed by atoms with Gasteiger partial charge in [0.05, 0.1) is 26.9 Å². The minimum atomic E-state index is 0.0911. The van der Waals surface area contributed by atoms with Crippen LogP contribution in [0, 0.1) is 4.77 Å². The van der Waals surface area contributed by atoms with Crippen LogP contribution in [0.15, 0.2) is 48.8 Å². The van der Waals surface area contributed by atoms with Crippen LogP contribution in [0.2, 0.25) is 0 Å². The van der Waals surface area contributed by atoms with Crippen molar-refractivity contribution in [3.63, 3.8) is 0 Å². The number of aryl methyl sites for hydroxylation is 1. The molecule has 0 N–H and O–H groups in total. The van der Waals surface area contributed by atoms with Crippen LogP contribution in [-0.4, -0.2) is 40.0 Å². The maximum absolute atomic E-state index is 5.60. The molecule has 3 aromatic rings. The van der Waals surface area contributed by atoms with E-state index in [-0.39, 0.29) is 6.04 Å². The van der Waals surface area contributed by atoms with Gasteiger partial charge >= 0.3 is 0 Å². The van der Waals surface area contributed by atoms with Gasteiger partial charge in [-0.25, -0.2) is 4.68 Å². The maximum atomic E-state index is 5.60. The Labute approximate surface area is 176 Å². The predicted octanol–water partition coefficient (Wildman–Crippen LogP) is 4.06. The van der Waals surface area contributed by atoms with Gasteiger partial charge in [0.2, 0.25) is 0 Å². The van der Waals surface area contributed by atoms with E-state index in [9.17, 15) is 0 Å². The molecule has 0 saturated heterocycles. The summed E-state index contributed by atoms with van der Waals surface area (Å²) >= 11 is 5.60. The molecule has 0 amide bonds. The number of hydrogen-bond acceptors (Lipinski definition) is 5. The van der Waals surface area contributed by atoms with Crippen molar-refractivity contribution >= 4 is 12.2 Å². The molecule has 2 heterocycles. The number of ether oxygens (including phenoxy) is 2. The second-order valence-electron chi connectivity index (χ2n) is 7.12. The van der Waals surface area contributed by atoms with Gasteiger partial charge in [-0.15, -0.1) is 0 Å². The fraction of sp³-hybridized carbons (Fsp3) is 0.364. The standard InChI is InChI=1S/C22H26N4O2S/c1-4-24-14-23-26(22(24)29)15-25-11-10-17-12-19(27-2)20(28-3)13-18(17)21(25)16-8-6-5-7-9-16/h5-9,12-14,21H,4,10-11,15H2,1-3H3/t21-/m0/s1. The highest BCUT2D eigenvalue weighted by atomic mass is 32.1. The molecule has 152 valence electrons. The molecule has 6 nitrogen and oxygen atoms in total. The van der Waals surface area contributed by atoms with E-state index in [2.05, 4.69) is 53.3 Å². The van der Waals surface area contributed by atoms with Crippen LogP contribution in [0.25, 0.3) is 0 Å². The summed E-state index contributed by atoms with van der Waals surface area (Å²) in [6.45, 7) is 4.44. The van der Waals surface area contributed by atoms with E-state index in [4.69, 9.17) is 21.7 Å². The molecular weight excluding hydrogens is 384 g/mol. The lowest BCUT2D eigenvalue weighted by atomic mass is 9.88. The predicted molar refractivity (Wildman–Crippen MR) is 115 cm³/mol. The highest BCUT2D eigenvalue weighted by Crippen LogP contribution is 2.41. The third-order valence-electron chi connectivity index (χ3n) is 5.54. The fourth-order valence-electron chi connectivity index (χ4n) is 4.03. The van der Waals surface area contributed by atoms with E-state index < -0.39 is 0 Å². The number of methoxy groups -OCH3 is 2. The topological polar surface area (TPSA) is 44.5 Å². The van der Waals surface area contributed by atoms with Crippen molar-refractivity contribution in [1.82, 2.24) is 19.2 Å². The Morgan fingerprint density at radius 2 is 1.83 bits per heavy atom. The van der Waals surface area contributed by atoms with E-state index in [1.54, 1.807) is 14.2 Å². The van der Waals surface area contributed by atoms with Gasteiger partial charge < -0.3 is 14.0 Å². The van der Waals surface area contributed by atoms with Crippen LogP contribution >= 0.6 is 12.2 Å². The third-order valence-corrected chi connectivity index (χ3v) is 5.99. The van der Waals surface area contributed by atoms with Crippen molar-refractivity contribution < 1.29 is 9.47 Å². The molecule has 0 saturated carbocycles. The monoisotopic (exact) mass is 410 g/mol. The first-order chi connectivity index (χ1) is 14.2. The minimum absolute atomic E-state index is 0.0911. The molecule has 7 heteroatoms. The SMILES string of the molecule is CCn1cnn(CN2CCc3cc(OC)c(OC)cc3[C@@H]2c2ccccc2)c1=S. The zero-order chi connectivity index (χ0) is 20.4. The van der Waals surface area contributed by atoms with Crippen LogP contribution in [-0.2, 0) is 19.6 Å². The molecule has 0 fully saturated rings. The number of nitrogens with zero attached hydrogens (tertiary/aromatic N) is 4. The molecule has 0 bridgehead atoms. The summed E-state index contributed by atoms with van der Waals surface area (Å²) in [4.78, 5) is 2.42. The van der Waals surface area contributed by atoms with E-state index in [0.29, 0.717) is 6.67 Å². The zero-order valence-electron chi connectivity index (χ0n) is 17.0. The van der Waals surface area contributed by atoms with E-state index in [1.807, 2.05) is 21.6 Å². The van der Waals surface area contributed by atoms with Gasteiger partial charge in [-0.2, -0.15) is 5.10 Å². The first-order valence-corrected chi connectivity index (χ1v) is 10.2.